The van der Waals surface area contributed by atoms with Gasteiger partial charge in [-0.1, -0.05) is 0 Å². The maximum atomic E-state index is 2.20. The van der Waals surface area contributed by atoms with E-state index in [1.165, 1.54) is 16.7 Å². The Bertz CT molecular complexity index is 228. The van der Waals surface area contributed by atoms with E-state index in [1.54, 1.807) is 0 Å². The molecule has 0 saturated carbocycles. The molecule has 0 aliphatic carbocycles. The Morgan fingerprint density at radius 1 is 1.30 bits per heavy atom. The fraction of sp³-hybridized carbons (Fsp3) is 0.333. The summed E-state index contributed by atoms with van der Waals surface area (Å²) in [6.45, 7) is 4.35. The second kappa shape index (κ2) is 3.28. The maximum absolute atomic E-state index is 2.20. The van der Waals surface area contributed by atoms with Crippen molar-refractivity contribution in [2.45, 2.75) is 18.9 Å². The van der Waals surface area contributed by atoms with Crippen LogP contribution in [-0.4, -0.2) is 17.7 Å². The van der Waals surface area contributed by atoms with Crippen molar-refractivity contribution >= 4 is 17.7 Å². The summed E-state index contributed by atoms with van der Waals surface area (Å²) in [4.78, 5) is 0. The first-order valence-corrected chi connectivity index (χ1v) is 3.80. The van der Waals surface area contributed by atoms with Crippen LogP contribution in [-0.2, 0) is 5.09 Å². The van der Waals surface area contributed by atoms with E-state index >= 15 is 0 Å². The summed E-state index contributed by atoms with van der Waals surface area (Å²) < 4.78 is 0. The van der Waals surface area contributed by atoms with Crippen LogP contribution in [0.1, 0.15) is 16.7 Å². The predicted octanol–water partition coefficient (Wildman–Crippen LogP) is 1.97. The van der Waals surface area contributed by atoms with Gasteiger partial charge in [0.2, 0.25) is 0 Å². The molecule has 0 heterocycles. The Morgan fingerprint density at radius 3 is 2.50 bits per heavy atom. The van der Waals surface area contributed by atoms with Gasteiger partial charge in [-0.2, -0.15) is 0 Å². The molecule has 1 rings (SSSR count). The van der Waals surface area contributed by atoms with Gasteiger partial charge in [0, 0.05) is 0 Å². The van der Waals surface area contributed by atoms with Crippen molar-refractivity contribution < 1.29 is 0 Å². The molecule has 0 nitrogen and oxygen atoms in total. The van der Waals surface area contributed by atoms with Crippen LogP contribution in [0.25, 0.3) is 0 Å². The van der Waals surface area contributed by atoms with Crippen molar-refractivity contribution in [1.29, 1.82) is 0 Å². The molecule has 0 saturated heterocycles. The predicted molar refractivity (Wildman–Crippen MR) is 45.4 cm³/mol. The van der Waals surface area contributed by atoms with Crippen LogP contribution in [0.3, 0.4) is 0 Å². The summed E-state index contributed by atoms with van der Waals surface area (Å²) >= 11 is 2.20. The molecule has 0 fully saturated rings. The Balaban J connectivity index is 3.14. The number of rotatable bonds is 1. The first-order valence-electron chi connectivity index (χ1n) is 3.80. The van der Waals surface area contributed by atoms with Crippen LogP contribution in [0.5, 0.6) is 0 Å². The summed E-state index contributed by atoms with van der Waals surface area (Å²) in [7, 11) is 0. The molecular weight excluding hydrogens is 115 g/mol. The third-order valence-electron chi connectivity index (χ3n) is 2.10. The SMILES string of the molecule is [Li][CH2]c1cccc(C)c1C. The van der Waals surface area contributed by atoms with Crippen LogP contribution >= 0.6 is 0 Å². The molecule has 0 bridgehead atoms. The number of hydrogen-bond donors (Lipinski definition) is 0. The Labute approximate surface area is 71.8 Å². The molecule has 0 N–H and O–H groups in total. The van der Waals surface area contributed by atoms with Crippen LogP contribution in [0, 0.1) is 13.8 Å². The fourth-order valence-corrected chi connectivity index (χ4v) is 1.19. The second-order valence-corrected chi connectivity index (χ2v) is 2.71. The van der Waals surface area contributed by atoms with Gasteiger partial charge in [0.15, 0.2) is 0 Å². The Hall–Kier alpha value is -0.183. The number of aryl methyl sites for hydroxylation is 1. The molecule has 10 heavy (non-hydrogen) atoms. The topological polar surface area (TPSA) is 0 Å². The van der Waals surface area contributed by atoms with E-state index in [4.69, 9.17) is 0 Å². The molecule has 0 unspecified atom stereocenters. The fourth-order valence-electron chi connectivity index (χ4n) is 1.19. The van der Waals surface area contributed by atoms with Crippen LogP contribution in [0.2, 0.25) is 0 Å². The standard InChI is InChI=1S/C9H11.Li/c1-7-5-4-6-8(2)9(7)3;/h4-6H,1H2,2-3H3;. The summed E-state index contributed by atoms with van der Waals surface area (Å²) in [5.41, 5.74) is 4.32. The van der Waals surface area contributed by atoms with Crippen LogP contribution in [0.15, 0.2) is 18.2 Å². The third kappa shape index (κ3) is 1.45. The summed E-state index contributed by atoms with van der Waals surface area (Å²) in [5, 5.41) is 1.15. The van der Waals surface area contributed by atoms with Gasteiger partial charge in [0.05, 0.1) is 0 Å². The van der Waals surface area contributed by atoms with Gasteiger partial charge in [-0.05, 0) is 0 Å². The minimum absolute atomic E-state index is 1.15. The average Bonchev–Trinajstić information content (AvgIpc) is 1.95. The van der Waals surface area contributed by atoms with Gasteiger partial charge in [-0.3, -0.25) is 0 Å². The van der Waals surface area contributed by atoms with Gasteiger partial charge in [0.25, 0.3) is 0 Å². The van der Waals surface area contributed by atoms with E-state index in [1.807, 2.05) is 0 Å². The number of benzene rings is 1. The van der Waals surface area contributed by atoms with Crippen molar-refractivity contribution in [2.24, 2.45) is 0 Å². The molecule has 1 heteroatoms. The minimum atomic E-state index is 1.15. The van der Waals surface area contributed by atoms with Crippen molar-refractivity contribution in [1.82, 2.24) is 0 Å². The van der Waals surface area contributed by atoms with Gasteiger partial charge < -0.3 is 0 Å². The van der Waals surface area contributed by atoms with Crippen molar-refractivity contribution in [2.75, 3.05) is 0 Å². The second-order valence-electron chi connectivity index (χ2n) is 2.71. The van der Waals surface area contributed by atoms with E-state index < -0.39 is 0 Å². The third-order valence-corrected chi connectivity index (χ3v) is 2.10. The molecule has 1 aromatic carbocycles. The van der Waals surface area contributed by atoms with Gasteiger partial charge in [0.1, 0.15) is 0 Å². The first kappa shape index (κ1) is 7.92. The molecule has 0 aliphatic heterocycles. The summed E-state index contributed by atoms with van der Waals surface area (Å²) in [6, 6.07) is 6.48. The summed E-state index contributed by atoms with van der Waals surface area (Å²) in [6.07, 6.45) is 0. The average molecular weight is 126 g/mol. The Kier molecular flexibility index (Phi) is 2.60. The molecule has 0 atom stereocenters. The molecular formula is C9H11Li. The van der Waals surface area contributed by atoms with Crippen molar-refractivity contribution in [3.05, 3.63) is 34.9 Å². The normalized spacial score (nSPS) is 10.0. The molecule has 0 spiro atoms. The van der Waals surface area contributed by atoms with E-state index in [0.717, 1.165) is 5.09 Å². The molecule has 1 aromatic rings. The zero-order valence-electron chi connectivity index (χ0n) is 6.94. The van der Waals surface area contributed by atoms with E-state index in [2.05, 4.69) is 49.8 Å². The first-order chi connectivity index (χ1) is 4.75. The zero-order chi connectivity index (χ0) is 7.56. The van der Waals surface area contributed by atoms with E-state index in [9.17, 15) is 0 Å². The van der Waals surface area contributed by atoms with Gasteiger partial charge >= 0.3 is 71.5 Å². The monoisotopic (exact) mass is 126 g/mol. The van der Waals surface area contributed by atoms with Crippen LogP contribution < -0.4 is 0 Å². The Morgan fingerprint density at radius 2 is 2.00 bits per heavy atom. The van der Waals surface area contributed by atoms with Gasteiger partial charge in [-0.15, -0.1) is 0 Å². The summed E-state index contributed by atoms with van der Waals surface area (Å²) in [5.74, 6) is 0. The number of hydrogen-bond acceptors (Lipinski definition) is 0. The van der Waals surface area contributed by atoms with Crippen LogP contribution in [0.4, 0.5) is 0 Å². The molecule has 0 aromatic heterocycles. The molecule has 0 radical (unpaired) electrons. The quantitative estimate of drug-likeness (QED) is 0.504. The van der Waals surface area contributed by atoms with Crippen molar-refractivity contribution in [3.8, 4) is 0 Å². The molecule has 0 amide bonds. The van der Waals surface area contributed by atoms with Gasteiger partial charge in [-0.25, -0.2) is 0 Å². The van der Waals surface area contributed by atoms with Crippen molar-refractivity contribution in [3.63, 3.8) is 0 Å². The van der Waals surface area contributed by atoms with E-state index in [0.29, 0.717) is 0 Å². The molecule has 48 valence electrons. The van der Waals surface area contributed by atoms with E-state index in [-0.39, 0.29) is 0 Å². The zero-order valence-corrected chi connectivity index (χ0v) is 6.94. The molecule has 0 aliphatic rings.